The molecule has 0 saturated heterocycles. The lowest BCUT2D eigenvalue weighted by Gasteiger charge is -2.20. The molecular weight excluding hydrogens is 274 g/mol. The molecule has 7 nitrogen and oxygen atoms in total. The molecule has 1 unspecified atom stereocenters. The number of hydrogen-bond donors (Lipinski definition) is 3. The maximum absolute atomic E-state index is 11.5. The molecule has 0 saturated carbocycles. The number of rotatable bonds is 9. The number of hydrogen-bond acceptors (Lipinski definition) is 5. The first-order valence-corrected chi connectivity index (χ1v) is 7.03. The van der Waals surface area contributed by atoms with Gasteiger partial charge in [-0.2, -0.15) is 0 Å². The Morgan fingerprint density at radius 3 is 2.76 bits per heavy atom. The third-order valence-electron chi connectivity index (χ3n) is 3.49. The Morgan fingerprint density at radius 1 is 1.48 bits per heavy atom. The number of ether oxygens (including phenoxy) is 1. The molecule has 3 N–H and O–H groups in total. The number of nitrogens with zero attached hydrogens (tertiary/aromatic N) is 1. The maximum atomic E-state index is 11.5. The Hall–Kier alpha value is -2.05. The number of carboxylic acid groups (broad SMARTS) is 1. The third-order valence-corrected chi connectivity index (χ3v) is 3.49. The quantitative estimate of drug-likeness (QED) is 0.641. The predicted octanol–water partition coefficient (Wildman–Crippen LogP) is 1.72. The van der Waals surface area contributed by atoms with Crippen molar-refractivity contribution in [2.24, 2.45) is 11.8 Å². The minimum atomic E-state index is -0.772. The predicted molar refractivity (Wildman–Crippen MR) is 79.7 cm³/mol. The molecular formula is C14H23N3O4. The molecule has 0 aliphatic carbocycles. The molecule has 0 fully saturated rings. The van der Waals surface area contributed by atoms with Crippen molar-refractivity contribution in [3.05, 3.63) is 16.7 Å². The van der Waals surface area contributed by atoms with E-state index >= 15 is 0 Å². The number of methoxy groups -OCH3 is 1. The Balaban J connectivity index is 2.56. The summed E-state index contributed by atoms with van der Waals surface area (Å²) in [5.41, 5.74) is -0.332. The number of aromatic amines is 1. The number of H-pyrrole nitrogens is 1. The molecule has 1 rings (SSSR count). The molecule has 21 heavy (non-hydrogen) atoms. The highest BCUT2D eigenvalue weighted by atomic mass is 16.5. The van der Waals surface area contributed by atoms with E-state index < -0.39 is 5.97 Å². The molecule has 118 valence electrons. The van der Waals surface area contributed by atoms with Crippen LogP contribution in [0.1, 0.15) is 33.1 Å². The van der Waals surface area contributed by atoms with Gasteiger partial charge in [0.05, 0.1) is 13.4 Å². The summed E-state index contributed by atoms with van der Waals surface area (Å²) in [7, 11) is 1.42. The minimum absolute atomic E-state index is 0.157. The summed E-state index contributed by atoms with van der Waals surface area (Å²) in [5.74, 6) is 0.499. The van der Waals surface area contributed by atoms with Crippen LogP contribution < -0.4 is 15.6 Å². The van der Waals surface area contributed by atoms with Gasteiger partial charge in [-0.05, 0) is 24.7 Å². The first-order chi connectivity index (χ1) is 9.95. The van der Waals surface area contributed by atoms with E-state index in [1.807, 2.05) is 0 Å². The van der Waals surface area contributed by atoms with Crippen LogP contribution in [0.3, 0.4) is 0 Å². The van der Waals surface area contributed by atoms with E-state index in [9.17, 15) is 9.59 Å². The molecule has 7 heteroatoms. The summed E-state index contributed by atoms with van der Waals surface area (Å²) in [4.78, 5) is 28.7. The number of nitrogens with one attached hydrogen (secondary N) is 2. The minimum Gasteiger partial charge on any atom is -0.489 e. The molecule has 0 bridgehead atoms. The van der Waals surface area contributed by atoms with Gasteiger partial charge in [-0.15, -0.1) is 0 Å². The van der Waals surface area contributed by atoms with Crippen LogP contribution >= 0.6 is 0 Å². The van der Waals surface area contributed by atoms with Gasteiger partial charge in [0, 0.05) is 13.0 Å². The number of aromatic nitrogens is 2. The highest BCUT2D eigenvalue weighted by Gasteiger charge is 2.15. The largest absolute Gasteiger partial charge is 0.489 e. The second kappa shape index (κ2) is 8.28. The van der Waals surface area contributed by atoms with Crippen molar-refractivity contribution in [2.75, 3.05) is 19.0 Å². The van der Waals surface area contributed by atoms with Crippen LogP contribution in [0.25, 0.3) is 0 Å². The molecule has 0 aromatic carbocycles. The summed E-state index contributed by atoms with van der Waals surface area (Å²) >= 11 is 0. The highest BCUT2D eigenvalue weighted by Crippen LogP contribution is 2.22. The number of aliphatic carboxylic acids is 1. The Bertz CT molecular complexity index is 513. The van der Waals surface area contributed by atoms with Crippen molar-refractivity contribution >= 4 is 11.8 Å². The summed E-state index contributed by atoms with van der Waals surface area (Å²) in [6, 6.07) is 0. The lowest BCUT2D eigenvalue weighted by molar-refractivity contribution is -0.137. The fraction of sp³-hybridized carbons (Fsp3) is 0.643. The fourth-order valence-corrected chi connectivity index (χ4v) is 2.20. The van der Waals surface area contributed by atoms with Crippen LogP contribution in [-0.4, -0.2) is 34.7 Å². The second-order valence-corrected chi connectivity index (χ2v) is 5.27. The smallest absolute Gasteiger partial charge is 0.303 e. The maximum Gasteiger partial charge on any atom is 0.303 e. The second-order valence-electron chi connectivity index (χ2n) is 5.27. The summed E-state index contributed by atoms with van der Waals surface area (Å²) < 4.78 is 5.01. The van der Waals surface area contributed by atoms with Gasteiger partial charge in [-0.1, -0.05) is 13.8 Å². The molecule has 1 atom stereocenters. The van der Waals surface area contributed by atoms with Gasteiger partial charge in [0.15, 0.2) is 5.82 Å². The molecule has 0 aliphatic heterocycles. The van der Waals surface area contributed by atoms with E-state index in [2.05, 4.69) is 29.1 Å². The van der Waals surface area contributed by atoms with E-state index in [1.165, 1.54) is 13.4 Å². The van der Waals surface area contributed by atoms with Crippen molar-refractivity contribution in [1.29, 1.82) is 0 Å². The van der Waals surface area contributed by atoms with Crippen LogP contribution in [0.4, 0.5) is 5.82 Å². The average Bonchev–Trinajstić information content (AvgIpc) is 2.42. The fourth-order valence-electron chi connectivity index (χ4n) is 2.20. The molecule has 1 heterocycles. The van der Waals surface area contributed by atoms with E-state index in [1.54, 1.807) is 0 Å². The SMILES string of the molecule is COc1c(NCCC(CCC(=O)O)C(C)C)nc[nH]c1=O. The lowest BCUT2D eigenvalue weighted by atomic mass is 9.88. The molecule has 0 radical (unpaired) electrons. The van der Waals surface area contributed by atoms with Crippen LogP contribution in [-0.2, 0) is 4.79 Å². The Kier molecular flexibility index (Phi) is 6.71. The van der Waals surface area contributed by atoms with Crippen LogP contribution in [0.5, 0.6) is 5.75 Å². The molecule has 0 amide bonds. The van der Waals surface area contributed by atoms with Crippen LogP contribution in [0, 0.1) is 11.8 Å². The van der Waals surface area contributed by atoms with E-state index in [0.717, 1.165) is 6.42 Å². The van der Waals surface area contributed by atoms with Crippen molar-refractivity contribution < 1.29 is 14.6 Å². The summed E-state index contributed by atoms with van der Waals surface area (Å²) in [6.07, 6.45) is 2.95. The van der Waals surface area contributed by atoms with Crippen molar-refractivity contribution in [2.45, 2.75) is 33.1 Å². The van der Waals surface area contributed by atoms with Gasteiger partial charge in [0.2, 0.25) is 5.75 Å². The van der Waals surface area contributed by atoms with Gasteiger partial charge in [0.1, 0.15) is 0 Å². The standard InChI is InChI=1S/C14H23N3O4/c1-9(2)10(4-5-11(18)19)6-7-15-13-12(21-3)14(20)17-8-16-13/h8-10H,4-7H2,1-3H3,(H,18,19)(H2,15,16,17,20). The molecule has 1 aromatic rings. The topological polar surface area (TPSA) is 104 Å². The zero-order valence-corrected chi connectivity index (χ0v) is 12.7. The monoisotopic (exact) mass is 297 g/mol. The lowest BCUT2D eigenvalue weighted by Crippen LogP contribution is -2.18. The van der Waals surface area contributed by atoms with E-state index in [0.29, 0.717) is 30.6 Å². The number of carbonyl (C=O) groups is 1. The molecule has 1 aromatic heterocycles. The zero-order valence-electron chi connectivity index (χ0n) is 12.7. The first-order valence-electron chi connectivity index (χ1n) is 7.03. The average molecular weight is 297 g/mol. The van der Waals surface area contributed by atoms with Gasteiger partial charge < -0.3 is 20.1 Å². The van der Waals surface area contributed by atoms with Crippen molar-refractivity contribution in [1.82, 2.24) is 9.97 Å². The van der Waals surface area contributed by atoms with Gasteiger partial charge >= 0.3 is 5.97 Å². The summed E-state index contributed by atoms with van der Waals surface area (Å²) in [5, 5.41) is 11.8. The van der Waals surface area contributed by atoms with Crippen molar-refractivity contribution in [3.63, 3.8) is 0 Å². The van der Waals surface area contributed by atoms with E-state index in [4.69, 9.17) is 9.84 Å². The van der Waals surface area contributed by atoms with Gasteiger partial charge in [0.25, 0.3) is 5.56 Å². The van der Waals surface area contributed by atoms with Crippen molar-refractivity contribution in [3.8, 4) is 5.75 Å². The van der Waals surface area contributed by atoms with E-state index in [-0.39, 0.29) is 17.7 Å². The summed E-state index contributed by atoms with van der Waals surface area (Å²) in [6.45, 7) is 4.77. The number of anilines is 1. The molecule has 0 spiro atoms. The Labute approximate surface area is 123 Å². The zero-order chi connectivity index (χ0) is 15.8. The van der Waals surface area contributed by atoms with Crippen LogP contribution in [0.15, 0.2) is 11.1 Å². The van der Waals surface area contributed by atoms with Crippen LogP contribution in [0.2, 0.25) is 0 Å². The number of carboxylic acids is 1. The normalized spacial score (nSPS) is 12.2. The van der Waals surface area contributed by atoms with Gasteiger partial charge in [-0.25, -0.2) is 4.98 Å². The highest BCUT2D eigenvalue weighted by molar-refractivity contribution is 5.66. The van der Waals surface area contributed by atoms with Gasteiger partial charge in [-0.3, -0.25) is 9.59 Å². The Morgan fingerprint density at radius 2 is 2.19 bits per heavy atom. The third kappa shape index (κ3) is 5.45. The molecule has 0 aliphatic rings. The first kappa shape index (κ1) is 17.0.